The molecular weight excluding hydrogens is 379 g/mol. The molecule has 0 aliphatic heterocycles. The standard InChI is InChI=1S/C20H23FN4O2S/c1-20(2,3)10-14-22-16-15(18(26)25(5)19(27)24(16)4)17(23-14)28-11-12-7-6-8-13(21)9-12/h6-9H,10-11H2,1-5H3. The van der Waals surface area contributed by atoms with Crippen LogP contribution in [0.15, 0.2) is 38.9 Å². The number of hydrogen-bond donors (Lipinski definition) is 0. The van der Waals surface area contributed by atoms with Crippen molar-refractivity contribution in [2.75, 3.05) is 0 Å². The highest BCUT2D eigenvalue weighted by Crippen LogP contribution is 2.28. The van der Waals surface area contributed by atoms with E-state index in [0.717, 1.165) is 10.1 Å². The summed E-state index contributed by atoms with van der Waals surface area (Å²) < 4.78 is 15.9. The molecule has 0 radical (unpaired) electrons. The van der Waals surface area contributed by atoms with Crippen molar-refractivity contribution in [2.24, 2.45) is 19.5 Å². The van der Waals surface area contributed by atoms with Crippen molar-refractivity contribution in [2.45, 2.75) is 38.0 Å². The van der Waals surface area contributed by atoms with Crippen molar-refractivity contribution >= 4 is 22.8 Å². The third-order valence-electron chi connectivity index (χ3n) is 4.27. The molecule has 0 saturated carbocycles. The third kappa shape index (κ3) is 4.16. The second-order valence-electron chi connectivity index (χ2n) is 8.01. The Bertz CT molecular complexity index is 1160. The molecule has 0 spiro atoms. The van der Waals surface area contributed by atoms with Gasteiger partial charge in [0.1, 0.15) is 22.1 Å². The molecule has 2 aromatic heterocycles. The lowest BCUT2D eigenvalue weighted by Gasteiger charge is -2.18. The maximum absolute atomic E-state index is 13.5. The van der Waals surface area contributed by atoms with Gasteiger partial charge in [-0.1, -0.05) is 32.9 Å². The number of fused-ring (bicyclic) bond motifs is 1. The lowest BCUT2D eigenvalue weighted by Crippen LogP contribution is -2.38. The number of benzene rings is 1. The van der Waals surface area contributed by atoms with Crippen LogP contribution < -0.4 is 11.2 Å². The number of aryl methyl sites for hydroxylation is 1. The maximum Gasteiger partial charge on any atom is 0.332 e. The summed E-state index contributed by atoms with van der Waals surface area (Å²) >= 11 is 1.34. The number of halogens is 1. The van der Waals surface area contributed by atoms with Crippen LogP contribution >= 0.6 is 11.8 Å². The van der Waals surface area contributed by atoms with Crippen LogP contribution in [0.5, 0.6) is 0 Å². The van der Waals surface area contributed by atoms with Gasteiger partial charge in [0, 0.05) is 26.3 Å². The topological polar surface area (TPSA) is 69.8 Å². The van der Waals surface area contributed by atoms with Crippen LogP contribution in [0.25, 0.3) is 11.0 Å². The van der Waals surface area contributed by atoms with Gasteiger partial charge in [-0.3, -0.25) is 13.9 Å². The molecule has 0 amide bonds. The molecule has 1 aromatic carbocycles. The average Bonchev–Trinajstić information content (AvgIpc) is 2.61. The van der Waals surface area contributed by atoms with Gasteiger partial charge < -0.3 is 0 Å². The Kier molecular flexibility index (Phi) is 5.43. The van der Waals surface area contributed by atoms with Gasteiger partial charge in [0.05, 0.1) is 0 Å². The van der Waals surface area contributed by atoms with E-state index in [4.69, 9.17) is 0 Å². The van der Waals surface area contributed by atoms with E-state index >= 15 is 0 Å². The summed E-state index contributed by atoms with van der Waals surface area (Å²) in [7, 11) is 3.03. The Labute approximate surface area is 166 Å². The normalized spacial score (nSPS) is 11.9. The minimum absolute atomic E-state index is 0.0588. The van der Waals surface area contributed by atoms with E-state index in [1.54, 1.807) is 13.1 Å². The summed E-state index contributed by atoms with van der Waals surface area (Å²) in [6.45, 7) is 6.22. The minimum atomic E-state index is -0.431. The van der Waals surface area contributed by atoms with Crippen molar-refractivity contribution in [3.05, 3.63) is 62.3 Å². The zero-order chi connectivity index (χ0) is 20.6. The van der Waals surface area contributed by atoms with Crippen LogP contribution in [-0.2, 0) is 26.3 Å². The summed E-state index contributed by atoms with van der Waals surface area (Å²) in [5, 5.41) is 0.813. The molecule has 2 heterocycles. The Balaban J connectivity index is 2.17. The smallest absolute Gasteiger partial charge is 0.280 e. The van der Waals surface area contributed by atoms with Crippen molar-refractivity contribution < 1.29 is 4.39 Å². The second kappa shape index (κ2) is 7.50. The van der Waals surface area contributed by atoms with Crippen molar-refractivity contribution in [3.8, 4) is 0 Å². The molecule has 0 unspecified atom stereocenters. The van der Waals surface area contributed by atoms with Crippen LogP contribution in [0.2, 0.25) is 0 Å². The van der Waals surface area contributed by atoms with Crippen molar-refractivity contribution in [1.82, 2.24) is 19.1 Å². The molecule has 0 N–H and O–H groups in total. The summed E-state index contributed by atoms with van der Waals surface area (Å²) in [5.74, 6) is 0.715. The van der Waals surface area contributed by atoms with E-state index < -0.39 is 11.2 Å². The zero-order valence-electron chi connectivity index (χ0n) is 16.6. The number of nitrogens with zero attached hydrogens (tertiary/aromatic N) is 4. The fourth-order valence-electron chi connectivity index (χ4n) is 2.91. The third-order valence-corrected chi connectivity index (χ3v) is 5.31. The summed E-state index contributed by atoms with van der Waals surface area (Å²) in [5.41, 5.74) is 0.192. The molecule has 0 aliphatic carbocycles. The maximum atomic E-state index is 13.5. The van der Waals surface area contributed by atoms with Crippen molar-refractivity contribution in [3.63, 3.8) is 0 Å². The van der Waals surface area contributed by atoms with E-state index in [9.17, 15) is 14.0 Å². The van der Waals surface area contributed by atoms with Gasteiger partial charge in [-0.2, -0.15) is 0 Å². The second-order valence-corrected chi connectivity index (χ2v) is 8.97. The molecule has 0 bridgehead atoms. The molecule has 0 atom stereocenters. The SMILES string of the molecule is Cn1c(=O)c2c(SCc3cccc(F)c3)nc(CC(C)(C)C)nc2n(C)c1=O. The number of aromatic nitrogens is 4. The first-order valence-electron chi connectivity index (χ1n) is 8.91. The van der Waals surface area contributed by atoms with E-state index in [1.165, 1.54) is 35.5 Å². The number of thioether (sulfide) groups is 1. The van der Waals surface area contributed by atoms with E-state index in [2.05, 4.69) is 30.7 Å². The molecule has 6 nitrogen and oxygen atoms in total. The minimum Gasteiger partial charge on any atom is -0.280 e. The molecular formula is C20H23FN4O2S. The Morgan fingerprint density at radius 3 is 2.46 bits per heavy atom. The predicted molar refractivity (Wildman–Crippen MR) is 109 cm³/mol. The van der Waals surface area contributed by atoms with Gasteiger partial charge in [-0.05, 0) is 23.1 Å². The Morgan fingerprint density at radius 2 is 1.82 bits per heavy atom. The first-order valence-corrected chi connectivity index (χ1v) is 9.89. The van der Waals surface area contributed by atoms with Crippen LogP contribution in [0.1, 0.15) is 32.2 Å². The largest absolute Gasteiger partial charge is 0.332 e. The van der Waals surface area contributed by atoms with Gasteiger partial charge in [-0.25, -0.2) is 19.2 Å². The summed E-state index contributed by atoms with van der Waals surface area (Å²) in [4.78, 5) is 34.3. The van der Waals surface area contributed by atoms with Crippen LogP contribution in [0, 0.1) is 11.2 Å². The molecule has 0 fully saturated rings. The van der Waals surface area contributed by atoms with Gasteiger partial charge in [-0.15, -0.1) is 11.8 Å². The first kappa shape index (κ1) is 20.3. The van der Waals surface area contributed by atoms with E-state index in [0.29, 0.717) is 34.1 Å². The van der Waals surface area contributed by atoms with Crippen LogP contribution in [0.4, 0.5) is 4.39 Å². The Hall–Kier alpha value is -2.48. The lowest BCUT2D eigenvalue weighted by molar-refractivity contribution is 0.399. The molecule has 148 valence electrons. The first-order chi connectivity index (χ1) is 13.1. The zero-order valence-corrected chi connectivity index (χ0v) is 17.4. The highest BCUT2D eigenvalue weighted by Gasteiger charge is 2.20. The quantitative estimate of drug-likeness (QED) is 0.496. The van der Waals surface area contributed by atoms with Gasteiger partial charge in [0.2, 0.25) is 0 Å². The monoisotopic (exact) mass is 402 g/mol. The average molecular weight is 402 g/mol. The molecule has 3 rings (SSSR count). The molecule has 0 saturated heterocycles. The summed E-state index contributed by atoms with van der Waals surface area (Å²) in [6, 6.07) is 6.32. The molecule has 8 heteroatoms. The molecule has 0 aliphatic rings. The van der Waals surface area contributed by atoms with Crippen LogP contribution in [-0.4, -0.2) is 19.1 Å². The van der Waals surface area contributed by atoms with Crippen molar-refractivity contribution in [1.29, 1.82) is 0 Å². The fraction of sp³-hybridized carbons (Fsp3) is 0.400. The molecule has 28 heavy (non-hydrogen) atoms. The van der Waals surface area contributed by atoms with E-state index in [1.807, 2.05) is 6.07 Å². The van der Waals surface area contributed by atoms with Gasteiger partial charge in [0.15, 0.2) is 5.65 Å². The fourth-order valence-corrected chi connectivity index (χ4v) is 3.88. The highest BCUT2D eigenvalue weighted by atomic mass is 32.2. The summed E-state index contributed by atoms with van der Waals surface area (Å²) in [6.07, 6.45) is 0.597. The number of hydrogen-bond acceptors (Lipinski definition) is 5. The van der Waals surface area contributed by atoms with Crippen LogP contribution in [0.3, 0.4) is 0 Å². The highest BCUT2D eigenvalue weighted by molar-refractivity contribution is 7.98. The van der Waals surface area contributed by atoms with Gasteiger partial charge in [0.25, 0.3) is 5.56 Å². The Morgan fingerprint density at radius 1 is 1.11 bits per heavy atom. The predicted octanol–water partition coefficient (Wildman–Crippen LogP) is 3.05. The van der Waals surface area contributed by atoms with Gasteiger partial charge >= 0.3 is 5.69 Å². The number of rotatable bonds is 4. The lowest BCUT2D eigenvalue weighted by atomic mass is 9.92. The molecule has 3 aromatic rings. The van der Waals surface area contributed by atoms with E-state index in [-0.39, 0.29) is 11.2 Å².